The Balaban J connectivity index is 1.73. The number of anilines is 1. The molecular formula is C32H39FN4O12. The van der Waals surface area contributed by atoms with Gasteiger partial charge in [0, 0.05) is 78.9 Å². The first kappa shape index (κ1) is 36.8. The number of piperazine rings is 1. The minimum absolute atomic E-state index is 0.0777. The van der Waals surface area contributed by atoms with E-state index < -0.39 is 83.8 Å². The molecule has 2 fully saturated rings. The molecule has 0 spiro atoms. The van der Waals surface area contributed by atoms with E-state index in [1.807, 2.05) is 0 Å². The lowest BCUT2D eigenvalue weighted by Crippen LogP contribution is -2.67. The Morgan fingerprint density at radius 2 is 1.49 bits per heavy atom. The van der Waals surface area contributed by atoms with Crippen molar-refractivity contribution in [2.45, 2.75) is 78.7 Å². The van der Waals surface area contributed by atoms with Crippen molar-refractivity contribution in [3.05, 3.63) is 39.9 Å². The van der Waals surface area contributed by atoms with Crippen LogP contribution in [0.25, 0.3) is 10.9 Å². The molecule has 5 atom stereocenters. The standard InChI is InChI=1S/C32H39FN4O12/c1-7-35-14-22(28(43)21-12-23(33)25(13-24(21)35)37-10-8-36(9-11-37)16(2)38)31(44)34-27-30(47-19(5)41)29(46-18(4)40)26(15-45-17(3)39)49-32(27)48-20(6)42/h12-14,26-27,29-30,32H,7-11,15H2,1-6H3,(H,34,44)/t26-,27-,29-,30-,32?/m1/s1. The first-order chi connectivity index (χ1) is 23.1. The van der Waals surface area contributed by atoms with Crippen molar-refractivity contribution in [1.29, 1.82) is 0 Å². The summed E-state index contributed by atoms with van der Waals surface area (Å²) in [6.07, 6.45) is -4.72. The fourth-order valence-corrected chi connectivity index (χ4v) is 5.88. The lowest BCUT2D eigenvalue weighted by Gasteiger charge is -2.44. The zero-order valence-corrected chi connectivity index (χ0v) is 28.0. The molecule has 2 aliphatic heterocycles. The van der Waals surface area contributed by atoms with Crippen LogP contribution in [-0.2, 0) is 54.2 Å². The molecule has 2 amide bonds. The summed E-state index contributed by atoms with van der Waals surface area (Å²) in [4.78, 5) is 90.7. The Bertz CT molecular complexity index is 1700. The molecule has 2 saturated heterocycles. The third-order valence-electron chi connectivity index (χ3n) is 8.08. The molecule has 2 aromatic rings. The number of fused-ring (bicyclic) bond motifs is 1. The van der Waals surface area contributed by atoms with Crippen molar-refractivity contribution < 1.29 is 56.8 Å². The fraction of sp³-hybridized carbons (Fsp3) is 0.531. The number of carbonyl (C=O) groups is 6. The van der Waals surface area contributed by atoms with E-state index in [1.165, 1.54) is 19.2 Å². The van der Waals surface area contributed by atoms with E-state index in [-0.39, 0.29) is 23.5 Å². The predicted octanol–water partition coefficient (Wildman–Crippen LogP) is 0.642. The highest BCUT2D eigenvalue weighted by Gasteiger charge is 2.52. The molecule has 49 heavy (non-hydrogen) atoms. The predicted molar refractivity (Wildman–Crippen MR) is 168 cm³/mol. The number of amides is 2. The average molecular weight is 691 g/mol. The van der Waals surface area contributed by atoms with Gasteiger partial charge in [-0.3, -0.25) is 33.6 Å². The molecule has 2 aliphatic rings. The molecule has 1 aromatic heterocycles. The number of benzene rings is 1. The van der Waals surface area contributed by atoms with Crippen LogP contribution in [0.15, 0.2) is 23.1 Å². The van der Waals surface area contributed by atoms with Crippen LogP contribution < -0.4 is 15.6 Å². The van der Waals surface area contributed by atoms with E-state index in [0.717, 1.165) is 33.8 Å². The number of pyridine rings is 1. The summed E-state index contributed by atoms with van der Waals surface area (Å²) in [6, 6.07) is 1.03. The van der Waals surface area contributed by atoms with Gasteiger partial charge >= 0.3 is 23.9 Å². The molecule has 1 N–H and O–H groups in total. The second kappa shape index (κ2) is 15.4. The van der Waals surface area contributed by atoms with Gasteiger partial charge in [-0.2, -0.15) is 0 Å². The van der Waals surface area contributed by atoms with Crippen molar-refractivity contribution in [2.75, 3.05) is 37.7 Å². The van der Waals surface area contributed by atoms with E-state index in [9.17, 15) is 33.6 Å². The van der Waals surface area contributed by atoms with Crippen LogP contribution >= 0.6 is 0 Å². The van der Waals surface area contributed by atoms with Gasteiger partial charge in [-0.15, -0.1) is 0 Å². The van der Waals surface area contributed by atoms with E-state index in [1.54, 1.807) is 21.3 Å². The van der Waals surface area contributed by atoms with Crippen LogP contribution in [0.3, 0.4) is 0 Å². The largest absolute Gasteiger partial charge is 0.463 e. The van der Waals surface area contributed by atoms with Crippen LogP contribution in [0.4, 0.5) is 10.1 Å². The molecule has 16 nitrogen and oxygen atoms in total. The molecule has 1 unspecified atom stereocenters. The molecular weight excluding hydrogens is 651 g/mol. The highest BCUT2D eigenvalue weighted by molar-refractivity contribution is 5.98. The summed E-state index contributed by atoms with van der Waals surface area (Å²) in [6.45, 7) is 8.86. The minimum atomic E-state index is -1.67. The number of esters is 4. The minimum Gasteiger partial charge on any atom is -0.463 e. The Morgan fingerprint density at radius 1 is 0.878 bits per heavy atom. The van der Waals surface area contributed by atoms with E-state index in [4.69, 9.17) is 23.7 Å². The van der Waals surface area contributed by atoms with Crippen molar-refractivity contribution >= 4 is 52.3 Å². The number of nitrogens with one attached hydrogen (secondary N) is 1. The Kier molecular flexibility index (Phi) is 11.6. The van der Waals surface area contributed by atoms with Gasteiger partial charge in [0.1, 0.15) is 30.1 Å². The summed E-state index contributed by atoms with van der Waals surface area (Å²) >= 11 is 0. The third-order valence-corrected chi connectivity index (χ3v) is 8.08. The van der Waals surface area contributed by atoms with Crippen molar-refractivity contribution in [1.82, 2.24) is 14.8 Å². The molecule has 266 valence electrons. The number of aromatic nitrogens is 1. The molecule has 0 saturated carbocycles. The van der Waals surface area contributed by atoms with Gasteiger partial charge in [0.2, 0.25) is 17.6 Å². The molecule has 0 bridgehead atoms. The third kappa shape index (κ3) is 8.51. The number of hydrogen-bond donors (Lipinski definition) is 1. The van der Waals surface area contributed by atoms with Gasteiger partial charge in [-0.05, 0) is 19.1 Å². The summed E-state index contributed by atoms with van der Waals surface area (Å²) in [5, 5.41) is 2.43. The summed E-state index contributed by atoms with van der Waals surface area (Å²) in [5.74, 6) is -5.09. The number of halogens is 1. The van der Waals surface area contributed by atoms with Gasteiger partial charge in [0.05, 0.1) is 11.2 Å². The smallest absolute Gasteiger partial charge is 0.305 e. The van der Waals surface area contributed by atoms with E-state index >= 15 is 4.39 Å². The first-order valence-electron chi connectivity index (χ1n) is 15.6. The number of carbonyl (C=O) groups excluding carboxylic acids is 6. The van der Waals surface area contributed by atoms with Crippen molar-refractivity contribution in [3.63, 3.8) is 0 Å². The lowest BCUT2D eigenvalue weighted by atomic mass is 9.95. The number of ether oxygens (including phenoxy) is 5. The maximum absolute atomic E-state index is 15.6. The van der Waals surface area contributed by atoms with E-state index in [2.05, 4.69) is 5.32 Å². The van der Waals surface area contributed by atoms with Crippen LogP contribution in [0.5, 0.6) is 0 Å². The highest BCUT2D eigenvalue weighted by Crippen LogP contribution is 2.29. The number of nitrogens with zero attached hydrogens (tertiary/aromatic N) is 3. The van der Waals surface area contributed by atoms with Crippen LogP contribution in [0, 0.1) is 5.82 Å². The lowest BCUT2D eigenvalue weighted by molar-refractivity contribution is -0.270. The SMILES string of the molecule is CCn1cc(C(=O)N[C@H]2C(OC(C)=O)O[C@H](COC(C)=O)[C@@H](OC(C)=O)[C@@H]2OC(C)=O)c(=O)c2cc(F)c(N3CCN(C(C)=O)CC3)cc21. The topological polar surface area (TPSA) is 189 Å². The van der Waals surface area contributed by atoms with Crippen LogP contribution in [0.1, 0.15) is 51.9 Å². The monoisotopic (exact) mass is 690 g/mol. The fourth-order valence-electron chi connectivity index (χ4n) is 5.88. The Morgan fingerprint density at radius 3 is 2.04 bits per heavy atom. The zero-order valence-electron chi connectivity index (χ0n) is 28.0. The first-order valence-corrected chi connectivity index (χ1v) is 15.6. The van der Waals surface area contributed by atoms with Gasteiger partial charge in [0.15, 0.2) is 12.2 Å². The van der Waals surface area contributed by atoms with Gasteiger partial charge < -0.3 is 43.4 Å². The zero-order chi connectivity index (χ0) is 36.2. The second-order valence-electron chi connectivity index (χ2n) is 11.6. The maximum Gasteiger partial charge on any atom is 0.305 e. The van der Waals surface area contributed by atoms with Gasteiger partial charge in [-0.1, -0.05) is 0 Å². The quantitative estimate of drug-likeness (QED) is 0.285. The molecule has 4 rings (SSSR count). The summed E-state index contributed by atoms with van der Waals surface area (Å²) in [5.41, 5.74) is -0.652. The molecule has 0 radical (unpaired) electrons. The van der Waals surface area contributed by atoms with Gasteiger partial charge in [-0.25, -0.2) is 4.39 Å². The van der Waals surface area contributed by atoms with E-state index in [0.29, 0.717) is 31.7 Å². The van der Waals surface area contributed by atoms with Crippen LogP contribution in [0.2, 0.25) is 0 Å². The Labute approximate surface area is 280 Å². The van der Waals surface area contributed by atoms with Gasteiger partial charge in [0.25, 0.3) is 5.91 Å². The van der Waals surface area contributed by atoms with Crippen LogP contribution in [-0.4, -0.2) is 109 Å². The number of aryl methyl sites for hydroxylation is 1. The molecule has 1 aromatic carbocycles. The molecule has 0 aliphatic carbocycles. The average Bonchev–Trinajstić information content (AvgIpc) is 3.02. The maximum atomic E-state index is 15.6. The normalized spacial score (nSPS) is 22.2. The van der Waals surface area contributed by atoms with Crippen molar-refractivity contribution in [3.8, 4) is 0 Å². The highest BCUT2D eigenvalue weighted by atomic mass is 19.1. The number of hydrogen-bond acceptors (Lipinski definition) is 13. The van der Waals surface area contributed by atoms with Crippen molar-refractivity contribution in [2.24, 2.45) is 0 Å². The number of rotatable bonds is 9. The summed E-state index contributed by atoms with van der Waals surface area (Å²) in [7, 11) is 0. The molecule has 17 heteroatoms. The Hall–Kier alpha value is -5.06. The summed E-state index contributed by atoms with van der Waals surface area (Å²) < 4.78 is 44.1. The molecule has 3 heterocycles. The second-order valence-corrected chi connectivity index (χ2v) is 11.6.